The number of hydrogen-bond donors (Lipinski definition) is 0. The minimum Gasteiger partial charge on any atom is -0.379 e. The van der Waals surface area contributed by atoms with Gasteiger partial charge in [0.05, 0.1) is 29.6 Å². The Morgan fingerprint density at radius 3 is 2.61 bits per heavy atom. The molecule has 2 heterocycles. The standard InChI is InChI=1S/C18H27BrN2O5S2/c1-15-3-4-18(17(19)13-15)28(24,25)21(16-5-12-27(22,23)14-16)7-2-6-20-8-10-26-11-9-20/h3-4,13,16H,2,5-12,14H2,1H3. The molecule has 7 nitrogen and oxygen atoms in total. The molecule has 1 unspecified atom stereocenters. The van der Waals surface area contributed by atoms with E-state index in [1.54, 1.807) is 18.2 Å². The highest BCUT2D eigenvalue weighted by Gasteiger charge is 2.39. The molecule has 0 aromatic heterocycles. The van der Waals surface area contributed by atoms with Gasteiger partial charge in [-0.05, 0) is 59.9 Å². The summed E-state index contributed by atoms with van der Waals surface area (Å²) in [6.45, 7) is 6.04. The number of sulfone groups is 1. The highest BCUT2D eigenvalue weighted by molar-refractivity contribution is 9.10. The molecule has 0 aliphatic carbocycles. The molecule has 2 fully saturated rings. The molecule has 28 heavy (non-hydrogen) atoms. The van der Waals surface area contributed by atoms with Crippen LogP contribution in [0.3, 0.4) is 0 Å². The molecule has 1 atom stereocenters. The highest BCUT2D eigenvalue weighted by Crippen LogP contribution is 2.30. The predicted molar refractivity (Wildman–Crippen MR) is 112 cm³/mol. The largest absolute Gasteiger partial charge is 0.379 e. The monoisotopic (exact) mass is 494 g/mol. The molecule has 3 rings (SSSR count). The zero-order valence-corrected chi connectivity index (χ0v) is 19.2. The van der Waals surface area contributed by atoms with Gasteiger partial charge in [-0.3, -0.25) is 4.90 Å². The van der Waals surface area contributed by atoms with Crippen LogP contribution in [-0.2, 0) is 24.6 Å². The van der Waals surface area contributed by atoms with Gasteiger partial charge in [-0.1, -0.05) is 6.07 Å². The van der Waals surface area contributed by atoms with Crippen LogP contribution < -0.4 is 0 Å². The second-order valence-corrected chi connectivity index (χ2v) is 12.4. The van der Waals surface area contributed by atoms with Crippen LogP contribution >= 0.6 is 15.9 Å². The minimum atomic E-state index is -3.81. The van der Waals surface area contributed by atoms with Gasteiger partial charge in [0.1, 0.15) is 0 Å². The summed E-state index contributed by atoms with van der Waals surface area (Å²) in [5.74, 6) is -0.0600. The van der Waals surface area contributed by atoms with Crippen molar-refractivity contribution in [2.45, 2.75) is 30.7 Å². The van der Waals surface area contributed by atoms with Gasteiger partial charge in [0.2, 0.25) is 10.0 Å². The van der Waals surface area contributed by atoms with E-state index in [1.165, 1.54) is 4.31 Å². The van der Waals surface area contributed by atoms with Gasteiger partial charge < -0.3 is 4.74 Å². The number of aryl methyl sites for hydroxylation is 1. The molecule has 0 amide bonds. The van der Waals surface area contributed by atoms with E-state index in [4.69, 9.17) is 4.74 Å². The Morgan fingerprint density at radius 1 is 1.29 bits per heavy atom. The second-order valence-electron chi connectivity index (χ2n) is 7.41. The van der Waals surface area contributed by atoms with Crippen molar-refractivity contribution in [3.05, 3.63) is 28.2 Å². The summed E-state index contributed by atoms with van der Waals surface area (Å²) >= 11 is 3.37. The Balaban J connectivity index is 1.80. The lowest BCUT2D eigenvalue weighted by Gasteiger charge is -2.30. The van der Waals surface area contributed by atoms with E-state index in [0.29, 0.717) is 37.1 Å². The van der Waals surface area contributed by atoms with E-state index in [0.717, 1.165) is 25.2 Å². The minimum absolute atomic E-state index is 0.0439. The van der Waals surface area contributed by atoms with Crippen LogP contribution in [0.5, 0.6) is 0 Å². The fourth-order valence-corrected chi connectivity index (χ4v) is 8.39. The molecule has 0 spiro atoms. The molecule has 0 saturated carbocycles. The first kappa shape index (κ1) is 22.2. The summed E-state index contributed by atoms with van der Waals surface area (Å²) in [5, 5.41) is 0. The molecule has 0 N–H and O–H groups in total. The van der Waals surface area contributed by atoms with Crippen LogP contribution in [0.25, 0.3) is 0 Å². The average Bonchev–Trinajstić information content (AvgIpc) is 2.98. The molecular weight excluding hydrogens is 468 g/mol. The topological polar surface area (TPSA) is 84.0 Å². The van der Waals surface area contributed by atoms with Crippen LogP contribution in [-0.4, -0.2) is 83.0 Å². The third kappa shape index (κ3) is 5.34. The summed E-state index contributed by atoms with van der Waals surface area (Å²) in [4.78, 5) is 2.44. The number of rotatable bonds is 7. The third-order valence-electron chi connectivity index (χ3n) is 5.25. The van der Waals surface area contributed by atoms with Crippen molar-refractivity contribution in [3.8, 4) is 0 Å². The van der Waals surface area contributed by atoms with Gasteiger partial charge in [0.25, 0.3) is 0 Å². The molecule has 10 heteroatoms. The van der Waals surface area contributed by atoms with E-state index >= 15 is 0 Å². The highest BCUT2D eigenvalue weighted by atomic mass is 79.9. The molecule has 1 aromatic carbocycles. The quantitative estimate of drug-likeness (QED) is 0.572. The SMILES string of the molecule is Cc1ccc(S(=O)(=O)N(CCCN2CCOCC2)C2CCS(=O)(=O)C2)c(Br)c1. The molecule has 158 valence electrons. The van der Waals surface area contributed by atoms with Gasteiger partial charge in [-0.15, -0.1) is 0 Å². The van der Waals surface area contributed by atoms with Crippen molar-refractivity contribution in [1.82, 2.24) is 9.21 Å². The first-order valence-corrected chi connectivity index (χ1v) is 13.5. The van der Waals surface area contributed by atoms with Crippen molar-refractivity contribution >= 4 is 35.8 Å². The van der Waals surface area contributed by atoms with Crippen molar-refractivity contribution in [3.63, 3.8) is 0 Å². The normalized spacial score (nSPS) is 23.3. The molecule has 1 aromatic rings. The summed E-state index contributed by atoms with van der Waals surface area (Å²) in [5.41, 5.74) is 0.952. The Labute approximate surface area is 176 Å². The third-order valence-corrected chi connectivity index (χ3v) is 9.93. The van der Waals surface area contributed by atoms with Gasteiger partial charge in [-0.25, -0.2) is 16.8 Å². The molecule has 0 radical (unpaired) electrons. The maximum Gasteiger partial charge on any atom is 0.244 e. The first-order valence-electron chi connectivity index (χ1n) is 9.47. The molecular formula is C18H27BrN2O5S2. The van der Waals surface area contributed by atoms with Gasteiger partial charge in [0.15, 0.2) is 9.84 Å². The van der Waals surface area contributed by atoms with E-state index < -0.39 is 25.9 Å². The number of benzene rings is 1. The number of halogens is 1. The number of morpholine rings is 1. The van der Waals surface area contributed by atoms with Crippen molar-refractivity contribution < 1.29 is 21.6 Å². The maximum absolute atomic E-state index is 13.4. The lowest BCUT2D eigenvalue weighted by molar-refractivity contribution is 0.0367. The Morgan fingerprint density at radius 2 is 2.00 bits per heavy atom. The van der Waals surface area contributed by atoms with Crippen LogP contribution in [0.15, 0.2) is 27.6 Å². The Kier molecular flexibility index (Phi) is 7.20. The molecule has 2 saturated heterocycles. The van der Waals surface area contributed by atoms with E-state index in [-0.39, 0.29) is 16.4 Å². The molecule has 2 aliphatic heterocycles. The van der Waals surface area contributed by atoms with Crippen molar-refractivity contribution in [2.24, 2.45) is 0 Å². The first-order chi connectivity index (χ1) is 13.2. The summed E-state index contributed by atoms with van der Waals surface area (Å²) < 4.78 is 58.1. The van der Waals surface area contributed by atoms with Gasteiger partial charge in [0, 0.05) is 30.1 Å². The summed E-state index contributed by atoms with van der Waals surface area (Å²) in [7, 11) is -7.00. The van der Waals surface area contributed by atoms with Crippen LogP contribution in [0, 0.1) is 6.92 Å². The van der Waals surface area contributed by atoms with Crippen LogP contribution in [0.4, 0.5) is 0 Å². The van der Waals surface area contributed by atoms with Crippen molar-refractivity contribution in [1.29, 1.82) is 0 Å². The fraction of sp³-hybridized carbons (Fsp3) is 0.667. The lowest BCUT2D eigenvalue weighted by atomic mass is 10.2. The zero-order valence-electron chi connectivity index (χ0n) is 16.0. The number of nitrogens with zero attached hydrogens (tertiary/aromatic N) is 2. The molecule has 0 bridgehead atoms. The van der Waals surface area contributed by atoms with Gasteiger partial charge in [-0.2, -0.15) is 4.31 Å². The molecule has 2 aliphatic rings. The Bertz CT molecular complexity index is 899. The second kappa shape index (κ2) is 9.09. The van der Waals surface area contributed by atoms with Crippen LogP contribution in [0.2, 0.25) is 0 Å². The smallest absolute Gasteiger partial charge is 0.244 e. The Hall–Kier alpha value is -0.520. The van der Waals surface area contributed by atoms with E-state index in [9.17, 15) is 16.8 Å². The van der Waals surface area contributed by atoms with Gasteiger partial charge >= 0.3 is 0 Å². The van der Waals surface area contributed by atoms with E-state index in [1.807, 2.05) is 6.92 Å². The number of sulfonamides is 1. The predicted octanol–water partition coefficient (Wildman–Crippen LogP) is 1.66. The average molecular weight is 495 g/mol. The summed E-state index contributed by atoms with van der Waals surface area (Å²) in [6.07, 6.45) is 1.00. The maximum atomic E-state index is 13.4. The lowest BCUT2D eigenvalue weighted by Crippen LogP contribution is -2.43. The number of hydrogen-bond acceptors (Lipinski definition) is 6. The van der Waals surface area contributed by atoms with Crippen molar-refractivity contribution in [2.75, 3.05) is 50.9 Å². The summed E-state index contributed by atoms with van der Waals surface area (Å²) in [6, 6.07) is 4.61. The van der Waals surface area contributed by atoms with E-state index in [2.05, 4.69) is 20.8 Å². The fourth-order valence-electron chi connectivity index (χ4n) is 3.72. The zero-order chi connectivity index (χ0) is 20.4. The van der Waals surface area contributed by atoms with Crippen LogP contribution in [0.1, 0.15) is 18.4 Å². The number of ether oxygens (including phenoxy) is 1.